The van der Waals surface area contributed by atoms with Crippen molar-refractivity contribution in [3.8, 4) is 5.75 Å². The van der Waals surface area contributed by atoms with Crippen molar-refractivity contribution in [1.82, 2.24) is 9.97 Å². The molecule has 9 heteroatoms. The van der Waals surface area contributed by atoms with Crippen molar-refractivity contribution in [1.29, 1.82) is 0 Å². The third-order valence-corrected chi connectivity index (χ3v) is 5.69. The third kappa shape index (κ3) is 4.83. The molecule has 0 radical (unpaired) electrons. The Morgan fingerprint density at radius 1 is 1.18 bits per heavy atom. The molecule has 1 aromatic heterocycles. The van der Waals surface area contributed by atoms with Gasteiger partial charge >= 0.3 is 0 Å². The van der Waals surface area contributed by atoms with E-state index in [-0.39, 0.29) is 18.9 Å². The Morgan fingerprint density at radius 3 is 2.73 bits per heavy atom. The number of aromatic nitrogens is 2. The maximum absolute atomic E-state index is 14.0. The summed E-state index contributed by atoms with van der Waals surface area (Å²) in [5.41, 5.74) is 0.492. The van der Waals surface area contributed by atoms with Gasteiger partial charge in [0.1, 0.15) is 17.3 Å². The number of ether oxygens (including phenoxy) is 2. The molecule has 1 fully saturated rings. The zero-order valence-electron chi connectivity index (χ0n) is 18.1. The molecule has 4 rings (SSSR count). The fourth-order valence-electron chi connectivity index (χ4n) is 3.89. The van der Waals surface area contributed by atoms with Crippen LogP contribution in [0.5, 0.6) is 5.75 Å². The molecule has 33 heavy (non-hydrogen) atoms. The largest absolute Gasteiger partial charge is 0.489 e. The van der Waals surface area contributed by atoms with Gasteiger partial charge in [-0.3, -0.25) is 4.79 Å². The quantitative estimate of drug-likeness (QED) is 0.545. The summed E-state index contributed by atoms with van der Waals surface area (Å²) >= 11 is 0. The van der Waals surface area contributed by atoms with Gasteiger partial charge in [0, 0.05) is 24.3 Å². The summed E-state index contributed by atoms with van der Waals surface area (Å²) in [6.45, 7) is 2.03. The molecule has 1 heterocycles. The Morgan fingerprint density at radius 2 is 2.00 bits per heavy atom. The van der Waals surface area contributed by atoms with Gasteiger partial charge in [-0.1, -0.05) is 12.1 Å². The Labute approximate surface area is 188 Å². The Hall–Kier alpha value is -3.46. The highest BCUT2D eigenvalue weighted by atomic mass is 19.2. The maximum Gasteiger partial charge on any atom is 0.228 e. The van der Waals surface area contributed by atoms with E-state index in [2.05, 4.69) is 15.3 Å². The standard InChI is InChI=1S/C24H22F3N3O3/c1-14-28-11-22(21(29-14)12-32-2)33-13-24(15-4-3-5-16(25)8-15)10-18(24)23(31)30-17-6-7-19(26)20(27)9-17/h3-9,11,18H,10,12-13H2,1-2H3,(H,30,31). The highest BCUT2D eigenvalue weighted by molar-refractivity contribution is 5.96. The van der Waals surface area contributed by atoms with E-state index in [0.717, 1.165) is 12.1 Å². The van der Waals surface area contributed by atoms with Gasteiger partial charge in [0.25, 0.3) is 0 Å². The third-order valence-electron chi connectivity index (χ3n) is 5.69. The number of hydrogen-bond donors (Lipinski definition) is 1. The number of hydrogen-bond acceptors (Lipinski definition) is 5. The van der Waals surface area contributed by atoms with Crippen molar-refractivity contribution in [3.63, 3.8) is 0 Å². The lowest BCUT2D eigenvalue weighted by molar-refractivity contribution is -0.117. The lowest BCUT2D eigenvalue weighted by Gasteiger charge is -2.20. The van der Waals surface area contributed by atoms with Crippen LogP contribution in [0.4, 0.5) is 18.9 Å². The molecule has 1 N–H and O–H groups in total. The van der Waals surface area contributed by atoms with E-state index in [9.17, 15) is 18.0 Å². The van der Waals surface area contributed by atoms with Crippen molar-refractivity contribution in [3.05, 3.63) is 83.2 Å². The number of amides is 1. The Bertz CT molecular complexity index is 1190. The number of nitrogens with one attached hydrogen (secondary N) is 1. The van der Waals surface area contributed by atoms with E-state index in [4.69, 9.17) is 9.47 Å². The van der Waals surface area contributed by atoms with Gasteiger partial charge in [-0.25, -0.2) is 23.1 Å². The molecule has 1 amide bonds. The number of rotatable bonds is 8. The van der Waals surface area contributed by atoms with Gasteiger partial charge in [0.15, 0.2) is 17.4 Å². The molecule has 172 valence electrons. The smallest absolute Gasteiger partial charge is 0.228 e. The van der Waals surface area contributed by atoms with E-state index < -0.39 is 34.7 Å². The summed E-state index contributed by atoms with van der Waals surface area (Å²) in [7, 11) is 1.54. The first kappa shape index (κ1) is 22.7. The van der Waals surface area contributed by atoms with Crippen molar-refractivity contribution < 1.29 is 27.4 Å². The fraction of sp³-hybridized carbons (Fsp3) is 0.292. The predicted octanol–water partition coefficient (Wildman–Crippen LogP) is 4.32. The van der Waals surface area contributed by atoms with Crippen LogP contribution in [-0.2, 0) is 21.6 Å². The summed E-state index contributed by atoms with van der Waals surface area (Å²) in [4.78, 5) is 21.4. The molecular weight excluding hydrogens is 435 g/mol. The Balaban J connectivity index is 1.58. The molecule has 6 nitrogen and oxygen atoms in total. The Kier molecular flexibility index (Phi) is 6.33. The van der Waals surface area contributed by atoms with Gasteiger partial charge in [-0.2, -0.15) is 0 Å². The van der Waals surface area contributed by atoms with Crippen LogP contribution in [0.1, 0.15) is 23.5 Å². The second kappa shape index (κ2) is 9.19. The summed E-state index contributed by atoms with van der Waals surface area (Å²) in [5.74, 6) is -2.50. The van der Waals surface area contributed by atoms with Gasteiger partial charge in [0.2, 0.25) is 5.91 Å². The highest BCUT2D eigenvalue weighted by Gasteiger charge is 2.60. The predicted molar refractivity (Wildman–Crippen MR) is 114 cm³/mol. The van der Waals surface area contributed by atoms with Crippen LogP contribution >= 0.6 is 0 Å². The minimum atomic E-state index is -1.06. The topological polar surface area (TPSA) is 73.3 Å². The SMILES string of the molecule is COCc1nc(C)ncc1OCC1(c2cccc(F)c2)CC1C(=O)Nc1ccc(F)c(F)c1. The van der Waals surface area contributed by atoms with Gasteiger partial charge in [-0.05, 0) is 43.2 Å². The van der Waals surface area contributed by atoms with Crippen LogP contribution in [0.15, 0.2) is 48.7 Å². The second-order valence-electron chi connectivity index (χ2n) is 7.99. The maximum atomic E-state index is 14.0. The first-order chi connectivity index (χ1) is 15.8. The zero-order chi connectivity index (χ0) is 23.6. The number of nitrogens with zero attached hydrogens (tertiary/aromatic N) is 2. The van der Waals surface area contributed by atoms with E-state index in [1.165, 1.54) is 31.5 Å². The van der Waals surface area contributed by atoms with Crippen LogP contribution in [-0.4, -0.2) is 29.6 Å². The first-order valence-corrected chi connectivity index (χ1v) is 10.3. The van der Waals surface area contributed by atoms with E-state index in [0.29, 0.717) is 29.3 Å². The van der Waals surface area contributed by atoms with Crippen LogP contribution in [0, 0.1) is 30.3 Å². The monoisotopic (exact) mass is 457 g/mol. The number of methoxy groups -OCH3 is 1. The van der Waals surface area contributed by atoms with E-state index in [1.807, 2.05) is 0 Å². The fourth-order valence-corrected chi connectivity index (χ4v) is 3.89. The highest BCUT2D eigenvalue weighted by Crippen LogP contribution is 2.55. The molecule has 1 aliphatic rings. The van der Waals surface area contributed by atoms with Crippen LogP contribution in [0.3, 0.4) is 0 Å². The molecule has 3 aromatic rings. The normalized spacial score (nSPS) is 19.2. The van der Waals surface area contributed by atoms with Gasteiger partial charge in [0.05, 0.1) is 25.3 Å². The number of halogens is 3. The summed E-state index contributed by atoms with van der Waals surface area (Å²) < 4.78 is 51.9. The molecule has 0 aliphatic heterocycles. The molecule has 2 atom stereocenters. The lowest BCUT2D eigenvalue weighted by Crippen LogP contribution is -2.27. The number of benzene rings is 2. The molecule has 2 unspecified atom stereocenters. The van der Waals surface area contributed by atoms with Crippen molar-refractivity contribution >= 4 is 11.6 Å². The number of aryl methyl sites for hydroxylation is 1. The number of carbonyl (C=O) groups excluding carboxylic acids is 1. The van der Waals surface area contributed by atoms with Crippen LogP contribution < -0.4 is 10.1 Å². The summed E-state index contributed by atoms with van der Waals surface area (Å²) in [6.07, 6.45) is 1.92. The van der Waals surface area contributed by atoms with E-state index in [1.54, 1.807) is 19.1 Å². The van der Waals surface area contributed by atoms with Gasteiger partial charge < -0.3 is 14.8 Å². The molecule has 1 aliphatic carbocycles. The molecular formula is C24H22F3N3O3. The number of carbonyl (C=O) groups is 1. The van der Waals surface area contributed by atoms with Crippen molar-refractivity contribution in [2.24, 2.45) is 5.92 Å². The average Bonchev–Trinajstić information content (AvgIpc) is 3.52. The minimum Gasteiger partial charge on any atom is -0.489 e. The summed E-state index contributed by atoms with van der Waals surface area (Å²) in [6, 6.07) is 9.13. The minimum absolute atomic E-state index is 0.0649. The molecule has 2 aromatic carbocycles. The second-order valence-corrected chi connectivity index (χ2v) is 7.99. The van der Waals surface area contributed by atoms with Crippen LogP contribution in [0.25, 0.3) is 0 Å². The zero-order valence-corrected chi connectivity index (χ0v) is 18.1. The molecule has 1 saturated carbocycles. The average molecular weight is 457 g/mol. The lowest BCUT2D eigenvalue weighted by atomic mass is 9.93. The van der Waals surface area contributed by atoms with Crippen molar-refractivity contribution in [2.75, 3.05) is 19.0 Å². The summed E-state index contributed by atoms with van der Waals surface area (Å²) in [5, 5.41) is 2.61. The van der Waals surface area contributed by atoms with E-state index >= 15 is 0 Å². The first-order valence-electron chi connectivity index (χ1n) is 10.3. The number of anilines is 1. The van der Waals surface area contributed by atoms with Crippen LogP contribution in [0.2, 0.25) is 0 Å². The molecule has 0 bridgehead atoms. The van der Waals surface area contributed by atoms with Crippen molar-refractivity contribution in [2.45, 2.75) is 25.4 Å². The molecule has 0 saturated heterocycles. The van der Waals surface area contributed by atoms with Gasteiger partial charge in [-0.15, -0.1) is 0 Å². The molecule has 0 spiro atoms.